The number of phosphoric acid groups is 1. The van der Waals surface area contributed by atoms with Gasteiger partial charge in [0, 0.05) is 9.92 Å². The molecule has 3 aromatic rings. The van der Waals surface area contributed by atoms with Crippen LogP contribution in [0.3, 0.4) is 0 Å². The van der Waals surface area contributed by atoms with Gasteiger partial charge in [-0.05, 0) is 24.3 Å². The minimum atomic E-state index is -4.50. The summed E-state index contributed by atoms with van der Waals surface area (Å²) in [5.41, 5.74) is 6.61. The molecule has 2 aliphatic heterocycles. The SMILES string of the molecule is Nc1ncnc2c1nc(Sc1ccc(Cl)cc1)n2[C@H]1OC2COP(=O)([O-])O[C@@H]2C1O.[Na+]. The number of nitrogens with zero attached hydrogens (tertiary/aromatic N) is 4. The zero-order chi connectivity index (χ0) is 21.0. The summed E-state index contributed by atoms with van der Waals surface area (Å²) in [5.74, 6) is 0.158. The number of phosphoric ester groups is 1. The number of fused-ring (bicyclic) bond motifs is 2. The van der Waals surface area contributed by atoms with Crippen molar-refractivity contribution >= 4 is 48.2 Å². The molecule has 1 aromatic carbocycles. The van der Waals surface area contributed by atoms with E-state index < -0.39 is 32.4 Å². The first-order valence-corrected chi connectivity index (χ1v) is 11.4. The fourth-order valence-corrected chi connectivity index (χ4v) is 5.34. The van der Waals surface area contributed by atoms with Crippen molar-refractivity contribution in [2.24, 2.45) is 0 Å². The first-order valence-electron chi connectivity index (χ1n) is 8.72. The van der Waals surface area contributed by atoms with E-state index in [-0.39, 0.29) is 42.0 Å². The maximum absolute atomic E-state index is 11.7. The van der Waals surface area contributed by atoms with Crippen LogP contribution in [0.1, 0.15) is 6.23 Å². The zero-order valence-electron chi connectivity index (χ0n) is 16.0. The summed E-state index contributed by atoms with van der Waals surface area (Å²) < 4.78 is 28.7. The smallest absolute Gasteiger partial charge is 0.756 e. The van der Waals surface area contributed by atoms with Gasteiger partial charge in [0.15, 0.2) is 28.4 Å². The zero-order valence-corrected chi connectivity index (χ0v) is 20.5. The number of ether oxygens (including phenoxy) is 1. The van der Waals surface area contributed by atoms with Crippen molar-refractivity contribution in [2.75, 3.05) is 12.3 Å². The molecule has 3 unspecified atom stereocenters. The normalized spacial score (nSPS) is 30.2. The van der Waals surface area contributed by atoms with Crippen LogP contribution in [-0.2, 0) is 18.3 Å². The molecule has 2 aliphatic rings. The molecule has 0 amide bonds. The van der Waals surface area contributed by atoms with E-state index >= 15 is 0 Å². The van der Waals surface area contributed by atoms with Crippen molar-refractivity contribution in [1.82, 2.24) is 19.5 Å². The maximum atomic E-state index is 11.7. The third-order valence-corrected chi connectivity index (χ3v) is 6.90. The van der Waals surface area contributed by atoms with Gasteiger partial charge in [0.2, 0.25) is 0 Å². The van der Waals surface area contributed by atoms with Gasteiger partial charge in [-0.2, -0.15) is 0 Å². The average Bonchev–Trinajstić information content (AvgIpc) is 3.21. The minimum absolute atomic E-state index is 0. The Morgan fingerprint density at radius 3 is 2.81 bits per heavy atom. The Morgan fingerprint density at radius 1 is 1.32 bits per heavy atom. The summed E-state index contributed by atoms with van der Waals surface area (Å²) in [6.07, 6.45) is -2.98. The topological polar surface area (TPSA) is 158 Å². The molecule has 5 rings (SSSR count). The van der Waals surface area contributed by atoms with Crippen LogP contribution in [0.4, 0.5) is 5.82 Å². The van der Waals surface area contributed by atoms with Gasteiger partial charge in [-0.3, -0.25) is 9.13 Å². The van der Waals surface area contributed by atoms with Crippen LogP contribution in [0.2, 0.25) is 5.02 Å². The van der Waals surface area contributed by atoms with Gasteiger partial charge < -0.3 is 29.5 Å². The molecule has 31 heavy (non-hydrogen) atoms. The second-order valence-electron chi connectivity index (χ2n) is 6.62. The summed E-state index contributed by atoms with van der Waals surface area (Å²) in [6, 6.07) is 7.08. The number of halogens is 1. The Labute approximate surface area is 207 Å². The minimum Gasteiger partial charge on any atom is -0.756 e. The summed E-state index contributed by atoms with van der Waals surface area (Å²) >= 11 is 7.22. The molecule has 0 bridgehead atoms. The first kappa shape index (κ1) is 23.4. The number of hydrogen-bond donors (Lipinski definition) is 2. The molecule has 4 heterocycles. The molecule has 5 atom stereocenters. The number of aliphatic hydroxyl groups excluding tert-OH is 1. The molecule has 2 saturated heterocycles. The van der Waals surface area contributed by atoms with Crippen molar-refractivity contribution in [2.45, 2.75) is 34.6 Å². The Morgan fingerprint density at radius 2 is 2.06 bits per heavy atom. The third-order valence-electron chi connectivity index (χ3n) is 4.71. The quantitative estimate of drug-likeness (QED) is 0.318. The molecule has 15 heteroatoms. The van der Waals surface area contributed by atoms with Crippen molar-refractivity contribution in [3.05, 3.63) is 35.6 Å². The average molecular weight is 494 g/mol. The Balaban J connectivity index is 0.00000231. The largest absolute Gasteiger partial charge is 1.00 e. The monoisotopic (exact) mass is 493 g/mol. The van der Waals surface area contributed by atoms with Gasteiger partial charge in [0.05, 0.1) is 6.61 Å². The van der Waals surface area contributed by atoms with E-state index in [0.717, 1.165) is 4.90 Å². The van der Waals surface area contributed by atoms with E-state index in [2.05, 4.69) is 15.0 Å². The number of nitrogen functional groups attached to an aromatic ring is 1. The number of nitrogens with two attached hydrogens (primary N) is 1. The molecular weight excluding hydrogens is 480 g/mol. The van der Waals surface area contributed by atoms with E-state index in [0.29, 0.717) is 21.3 Å². The van der Waals surface area contributed by atoms with Crippen LogP contribution < -0.4 is 40.2 Å². The summed E-state index contributed by atoms with van der Waals surface area (Å²) in [6.45, 7) is -0.261. The fourth-order valence-electron chi connectivity index (χ4n) is 3.36. The number of aliphatic hydroxyl groups is 1. The third kappa shape index (κ3) is 4.40. The number of benzene rings is 1. The predicted molar refractivity (Wildman–Crippen MR) is 104 cm³/mol. The van der Waals surface area contributed by atoms with Crippen LogP contribution >= 0.6 is 31.2 Å². The van der Waals surface area contributed by atoms with Gasteiger partial charge in [0.1, 0.15) is 24.6 Å². The summed E-state index contributed by atoms with van der Waals surface area (Å²) in [4.78, 5) is 25.2. The van der Waals surface area contributed by atoms with E-state index in [1.807, 2.05) is 12.1 Å². The summed E-state index contributed by atoms with van der Waals surface area (Å²) in [5, 5.41) is 11.8. The second-order valence-corrected chi connectivity index (χ2v) is 9.46. The van der Waals surface area contributed by atoms with Gasteiger partial charge in [-0.1, -0.05) is 23.4 Å². The summed E-state index contributed by atoms with van der Waals surface area (Å²) in [7, 11) is -4.50. The van der Waals surface area contributed by atoms with Gasteiger partial charge in [0.25, 0.3) is 7.82 Å². The van der Waals surface area contributed by atoms with E-state index in [1.165, 1.54) is 18.1 Å². The van der Waals surface area contributed by atoms with Crippen LogP contribution in [0, 0.1) is 0 Å². The van der Waals surface area contributed by atoms with Crippen molar-refractivity contribution in [3.8, 4) is 0 Å². The van der Waals surface area contributed by atoms with Crippen LogP contribution in [0.5, 0.6) is 0 Å². The molecule has 2 fully saturated rings. The van der Waals surface area contributed by atoms with E-state index in [1.54, 1.807) is 16.7 Å². The maximum Gasteiger partial charge on any atom is 1.00 e. The first-order chi connectivity index (χ1) is 14.3. The van der Waals surface area contributed by atoms with E-state index in [9.17, 15) is 14.6 Å². The Hall–Kier alpha value is -0.760. The molecule has 0 saturated carbocycles. The van der Waals surface area contributed by atoms with Gasteiger partial charge in [-0.25, -0.2) is 15.0 Å². The van der Waals surface area contributed by atoms with Crippen LogP contribution in [-0.4, -0.2) is 49.5 Å². The molecule has 11 nitrogen and oxygen atoms in total. The Kier molecular flexibility index (Phi) is 6.70. The number of imidazole rings is 1. The molecule has 3 N–H and O–H groups in total. The number of rotatable bonds is 3. The van der Waals surface area contributed by atoms with Crippen LogP contribution in [0.15, 0.2) is 40.6 Å². The van der Waals surface area contributed by atoms with Crippen molar-refractivity contribution in [3.63, 3.8) is 0 Å². The molecule has 0 spiro atoms. The predicted octanol–water partition coefficient (Wildman–Crippen LogP) is -1.64. The molecule has 2 aromatic heterocycles. The second kappa shape index (κ2) is 8.88. The Bertz CT molecular complexity index is 1170. The van der Waals surface area contributed by atoms with Crippen LogP contribution in [0.25, 0.3) is 11.2 Å². The van der Waals surface area contributed by atoms with E-state index in [4.69, 9.17) is 31.1 Å². The molecule has 0 radical (unpaired) electrons. The fraction of sp³-hybridized carbons (Fsp3) is 0.312. The standard InChI is InChI=1S/C16H15ClN5O6PS.Na/c17-7-1-3-8(4-2-7)30-16-21-10-13(18)19-6-20-14(10)22(16)15-11(23)12-9(27-15)5-26-29(24,25)28-12;/h1-4,6,9,11-12,15,23H,5H2,(H,24,25)(H2,18,19,20);/q;+1/p-1/t9?,11?,12-,15-;/m0./s1. The number of hydrogen-bond acceptors (Lipinski definition) is 11. The number of aromatic nitrogens is 4. The van der Waals surface area contributed by atoms with Gasteiger partial charge >= 0.3 is 29.6 Å². The van der Waals surface area contributed by atoms with Crippen molar-refractivity contribution < 1.29 is 57.9 Å². The molecular formula is C16H14ClN5NaO6PS. The van der Waals surface area contributed by atoms with Crippen molar-refractivity contribution in [1.29, 1.82) is 0 Å². The molecule has 0 aliphatic carbocycles. The number of anilines is 1. The van der Waals surface area contributed by atoms with Gasteiger partial charge in [-0.15, -0.1) is 0 Å². The molecule has 158 valence electrons.